The third-order valence-electron chi connectivity index (χ3n) is 13.1. The molecule has 0 bridgehead atoms. The van der Waals surface area contributed by atoms with E-state index in [9.17, 15) is 45.6 Å². The molecule has 0 aromatic rings. The molecule has 2 heterocycles. The van der Waals surface area contributed by atoms with Crippen LogP contribution in [0.15, 0.2) is 85.1 Å². The van der Waals surface area contributed by atoms with E-state index >= 15 is 0 Å². The summed E-state index contributed by atoms with van der Waals surface area (Å²) in [6.45, 7) is 2.43. The van der Waals surface area contributed by atoms with E-state index in [4.69, 9.17) is 18.9 Å². The van der Waals surface area contributed by atoms with Gasteiger partial charge in [-0.05, 0) is 64.2 Å². The molecule has 2 aliphatic rings. The number of unbranched alkanes of at least 4 members (excludes halogenated alkanes) is 17. The fourth-order valence-corrected chi connectivity index (χ4v) is 8.59. The number of carbonyl (C=O) groups excluding carboxylic acids is 1. The quantitative estimate of drug-likeness (QED) is 0.0207. The van der Waals surface area contributed by atoms with Gasteiger partial charge in [-0.25, -0.2) is 0 Å². The van der Waals surface area contributed by atoms with Crippen molar-refractivity contribution < 1.29 is 64.6 Å². The molecule has 12 atom stereocenters. The van der Waals surface area contributed by atoms with Gasteiger partial charge in [-0.2, -0.15) is 0 Å². The van der Waals surface area contributed by atoms with E-state index in [1.165, 1.54) is 83.5 Å². The van der Waals surface area contributed by atoms with Crippen molar-refractivity contribution >= 4 is 5.91 Å². The zero-order chi connectivity index (χ0) is 52.4. The summed E-state index contributed by atoms with van der Waals surface area (Å²) in [6.07, 6.45) is 42.0. The molecule has 0 saturated carbocycles. The predicted octanol–water partition coefficient (Wildman–Crippen LogP) is 8.55. The minimum Gasteiger partial charge on any atom is -0.394 e. The third kappa shape index (κ3) is 29.3. The van der Waals surface area contributed by atoms with E-state index < -0.39 is 86.8 Å². The number of hydrogen-bond acceptors (Lipinski definition) is 13. The van der Waals surface area contributed by atoms with Gasteiger partial charge in [0.15, 0.2) is 12.6 Å². The lowest BCUT2D eigenvalue weighted by molar-refractivity contribution is -0.359. The molecule has 0 aromatic carbocycles. The lowest BCUT2D eigenvalue weighted by Gasteiger charge is -2.46. The maximum Gasteiger partial charge on any atom is 0.220 e. The molecule has 14 nitrogen and oxygen atoms in total. The number of nitrogens with one attached hydrogen (secondary N) is 1. The monoisotopic (exact) mass is 1020 g/mol. The number of ether oxygens (including phenoxy) is 4. The maximum absolute atomic E-state index is 13.0. The number of rotatable bonds is 42. The Bertz CT molecular complexity index is 1530. The first-order chi connectivity index (χ1) is 35.1. The fourth-order valence-electron chi connectivity index (χ4n) is 8.59. The van der Waals surface area contributed by atoms with Gasteiger partial charge >= 0.3 is 0 Å². The van der Waals surface area contributed by atoms with Gasteiger partial charge in [-0.1, -0.05) is 195 Å². The first kappa shape index (κ1) is 65.3. The molecule has 2 aliphatic heterocycles. The van der Waals surface area contributed by atoms with E-state index in [2.05, 4.69) is 85.2 Å². The lowest BCUT2D eigenvalue weighted by Crippen LogP contribution is -2.65. The van der Waals surface area contributed by atoms with Gasteiger partial charge in [0.2, 0.25) is 5.91 Å². The largest absolute Gasteiger partial charge is 0.394 e. The summed E-state index contributed by atoms with van der Waals surface area (Å²) >= 11 is 0. The van der Waals surface area contributed by atoms with Crippen LogP contribution < -0.4 is 5.32 Å². The van der Waals surface area contributed by atoms with Crippen molar-refractivity contribution in [3.63, 3.8) is 0 Å². The zero-order valence-corrected chi connectivity index (χ0v) is 44.1. The Morgan fingerprint density at radius 2 is 0.958 bits per heavy atom. The van der Waals surface area contributed by atoms with Gasteiger partial charge in [0.1, 0.15) is 48.8 Å². The van der Waals surface area contributed by atoms with E-state index in [0.29, 0.717) is 6.42 Å². The fraction of sp³-hybridized carbons (Fsp3) is 0.741. The highest BCUT2D eigenvalue weighted by molar-refractivity contribution is 5.76. The van der Waals surface area contributed by atoms with Crippen LogP contribution >= 0.6 is 0 Å². The Labute approximate surface area is 433 Å². The first-order valence-corrected chi connectivity index (χ1v) is 27.8. The molecular formula is C58H99NO13. The average Bonchev–Trinajstić information content (AvgIpc) is 3.38. The van der Waals surface area contributed by atoms with Gasteiger partial charge in [-0.3, -0.25) is 4.79 Å². The number of hydrogen-bond donors (Lipinski definition) is 9. The summed E-state index contributed by atoms with van der Waals surface area (Å²) in [6, 6.07) is -0.913. The molecule has 0 aliphatic carbocycles. The van der Waals surface area contributed by atoms with E-state index in [1.54, 1.807) is 6.08 Å². The van der Waals surface area contributed by atoms with Crippen LogP contribution in [-0.4, -0.2) is 140 Å². The van der Waals surface area contributed by atoms with Crippen molar-refractivity contribution in [1.29, 1.82) is 0 Å². The molecule has 2 fully saturated rings. The molecule has 0 radical (unpaired) electrons. The summed E-state index contributed by atoms with van der Waals surface area (Å²) in [4.78, 5) is 13.0. The molecule has 9 N–H and O–H groups in total. The average molecular weight is 1020 g/mol. The zero-order valence-electron chi connectivity index (χ0n) is 44.1. The van der Waals surface area contributed by atoms with Gasteiger partial charge in [-0.15, -0.1) is 0 Å². The maximum atomic E-state index is 13.0. The minimum absolute atomic E-state index is 0.255. The Kier molecular flexibility index (Phi) is 39.4. The van der Waals surface area contributed by atoms with Gasteiger partial charge in [0.05, 0.1) is 32.0 Å². The summed E-state index contributed by atoms with van der Waals surface area (Å²) in [5.41, 5.74) is 0. The summed E-state index contributed by atoms with van der Waals surface area (Å²) < 4.78 is 22.5. The van der Waals surface area contributed by atoms with Crippen LogP contribution in [0.4, 0.5) is 0 Å². The number of carbonyl (C=O) groups is 1. The number of allylic oxidation sites excluding steroid dienone is 13. The number of aliphatic hydroxyl groups is 8. The van der Waals surface area contributed by atoms with Crippen molar-refractivity contribution in [1.82, 2.24) is 5.32 Å². The molecular weight excluding hydrogens is 919 g/mol. The lowest BCUT2D eigenvalue weighted by atomic mass is 9.97. The first-order valence-electron chi connectivity index (χ1n) is 27.8. The van der Waals surface area contributed by atoms with Gasteiger partial charge in [0.25, 0.3) is 0 Å². The molecule has 14 heteroatoms. The van der Waals surface area contributed by atoms with Crippen LogP contribution in [0.1, 0.15) is 181 Å². The third-order valence-corrected chi connectivity index (χ3v) is 13.1. The highest BCUT2D eigenvalue weighted by atomic mass is 16.7. The van der Waals surface area contributed by atoms with Gasteiger partial charge < -0.3 is 65.1 Å². The molecule has 1 amide bonds. The van der Waals surface area contributed by atoms with Crippen molar-refractivity contribution in [2.75, 3.05) is 19.8 Å². The summed E-state index contributed by atoms with van der Waals surface area (Å²) in [7, 11) is 0. The van der Waals surface area contributed by atoms with Crippen molar-refractivity contribution in [2.24, 2.45) is 0 Å². The second-order valence-corrected chi connectivity index (χ2v) is 19.3. The Hall–Kier alpha value is -2.83. The van der Waals surface area contributed by atoms with Gasteiger partial charge in [0, 0.05) is 6.42 Å². The SMILES string of the molecule is CC/C=C\C/C=C\C/C=C\C/C=C\C/C=C\C/C=C\CCCCCCCCCCCCCCCCCCC(=O)NC(COC1OC(CO)C(OC2OC(CO)C(O)C(O)C2O)C(O)C1O)C(O)/C=C/CCC. The molecule has 0 spiro atoms. The number of aliphatic hydroxyl groups excluding tert-OH is 8. The molecule has 2 rings (SSSR count). The van der Waals surface area contributed by atoms with E-state index in [0.717, 1.165) is 70.6 Å². The van der Waals surface area contributed by atoms with Crippen molar-refractivity contribution in [3.05, 3.63) is 85.1 Å². The molecule has 0 aromatic heterocycles. The Balaban J connectivity index is 1.50. The van der Waals surface area contributed by atoms with Crippen LogP contribution in [0.2, 0.25) is 0 Å². The standard InChI is InChI=1S/C58H99NO13/c1-3-5-7-8-9-10-11-12-13-14-15-16-17-18-19-20-21-22-23-24-25-26-27-28-29-30-31-32-33-34-35-36-37-38-40-42-50(63)59-46(47(62)41-39-6-4-2)45-69-57-55(68)53(66)56(49(44-61)71-57)72-58-54(67)52(65)51(64)48(43-60)70-58/h5,7,9-10,12-13,15-16,18-19,21-22,39,41,46-49,51-58,60-62,64-68H,3-4,6,8,11,14,17,20,23-38,40,42-45H2,1-2H3,(H,59,63)/b7-5-,10-9-,13-12-,16-15-,19-18-,22-21-,41-39+. The van der Waals surface area contributed by atoms with Crippen LogP contribution in [-0.2, 0) is 23.7 Å². The van der Waals surface area contributed by atoms with Crippen LogP contribution in [0.3, 0.4) is 0 Å². The smallest absolute Gasteiger partial charge is 0.220 e. The van der Waals surface area contributed by atoms with Crippen LogP contribution in [0.25, 0.3) is 0 Å². The van der Waals surface area contributed by atoms with Crippen LogP contribution in [0, 0.1) is 0 Å². The van der Waals surface area contributed by atoms with E-state index in [1.807, 2.05) is 13.0 Å². The molecule has 414 valence electrons. The Morgan fingerprint density at radius 3 is 1.44 bits per heavy atom. The van der Waals surface area contributed by atoms with Crippen molar-refractivity contribution in [3.8, 4) is 0 Å². The number of amides is 1. The summed E-state index contributed by atoms with van der Waals surface area (Å²) in [5, 5.41) is 85.9. The molecule has 72 heavy (non-hydrogen) atoms. The minimum atomic E-state index is -1.79. The summed E-state index contributed by atoms with van der Waals surface area (Å²) in [5.74, 6) is -0.255. The molecule has 2 saturated heterocycles. The Morgan fingerprint density at radius 1 is 0.514 bits per heavy atom. The highest BCUT2D eigenvalue weighted by Crippen LogP contribution is 2.30. The molecule has 12 unspecified atom stereocenters. The van der Waals surface area contributed by atoms with Crippen molar-refractivity contribution in [2.45, 2.75) is 254 Å². The van der Waals surface area contributed by atoms with E-state index in [-0.39, 0.29) is 18.9 Å². The van der Waals surface area contributed by atoms with Crippen LogP contribution in [0.5, 0.6) is 0 Å². The second kappa shape index (κ2) is 43.4. The normalized spacial score (nSPS) is 26.2. The predicted molar refractivity (Wildman–Crippen MR) is 286 cm³/mol. The highest BCUT2D eigenvalue weighted by Gasteiger charge is 2.51. The second-order valence-electron chi connectivity index (χ2n) is 19.3. The topological polar surface area (TPSA) is 228 Å².